The van der Waals surface area contributed by atoms with Gasteiger partial charge in [-0.3, -0.25) is 4.79 Å². The quantitative estimate of drug-likeness (QED) is 0.110. The number of amides is 1. The zero-order valence-corrected chi connectivity index (χ0v) is 21.3. The van der Waals surface area contributed by atoms with Crippen LogP contribution in [0, 0.1) is 0 Å². The van der Waals surface area contributed by atoms with Gasteiger partial charge in [0.25, 0.3) is 11.7 Å². The lowest BCUT2D eigenvalue weighted by molar-refractivity contribution is -0.625. The number of aromatic amines is 1. The number of nitrogens with zero attached hydrogens (tertiary/aromatic N) is 3. The first-order valence-corrected chi connectivity index (χ1v) is 12.9. The smallest absolute Gasteiger partial charge is 0.342 e. The molecule has 0 bridgehead atoms. The molecule has 0 aliphatic heterocycles. The predicted octanol–water partition coefficient (Wildman–Crippen LogP) is 5.22. The molecule has 0 saturated heterocycles. The van der Waals surface area contributed by atoms with Gasteiger partial charge in [-0.2, -0.15) is 9.67 Å². The number of fused-ring (bicyclic) bond motifs is 1. The molecule has 0 aliphatic rings. The van der Waals surface area contributed by atoms with E-state index in [-0.39, 0.29) is 17.4 Å². The number of H-pyrrole nitrogens is 1. The average molecular weight is 559 g/mol. The molecule has 3 N–H and O–H groups in total. The highest BCUT2D eigenvalue weighted by Crippen LogP contribution is 2.26. The molecule has 5 rings (SSSR count). The van der Waals surface area contributed by atoms with E-state index in [2.05, 4.69) is 36.7 Å². The molecule has 1 heterocycles. The second-order valence-electron chi connectivity index (χ2n) is 7.84. The summed E-state index contributed by atoms with van der Waals surface area (Å²) < 4.78 is 2.94. The molecular formula is C27H21BrN5O2S+. The summed E-state index contributed by atoms with van der Waals surface area (Å²) in [5, 5.41) is 24.4. The van der Waals surface area contributed by atoms with Crippen LogP contribution in [-0.2, 0) is 4.79 Å². The number of rotatable bonds is 7. The maximum Gasteiger partial charge on any atom is 0.342 e. The third-order valence-corrected chi connectivity index (χ3v) is 6.88. The lowest BCUT2D eigenvalue weighted by Gasteiger charge is -2.05. The van der Waals surface area contributed by atoms with Gasteiger partial charge >= 0.3 is 5.16 Å². The van der Waals surface area contributed by atoms with Crippen molar-refractivity contribution in [2.75, 3.05) is 5.75 Å². The van der Waals surface area contributed by atoms with Gasteiger partial charge in [-0.05, 0) is 58.9 Å². The number of aromatic nitrogens is 3. The normalized spacial score (nSPS) is 11.2. The van der Waals surface area contributed by atoms with Crippen molar-refractivity contribution in [1.29, 1.82) is 0 Å². The molecule has 0 saturated carbocycles. The zero-order valence-electron chi connectivity index (χ0n) is 18.9. The van der Waals surface area contributed by atoms with E-state index in [9.17, 15) is 9.90 Å². The monoisotopic (exact) mass is 558 g/mol. The molecule has 5 aromatic rings. The Morgan fingerprint density at radius 2 is 1.86 bits per heavy atom. The summed E-state index contributed by atoms with van der Waals surface area (Å²) in [6.07, 6.45) is 1.46. The van der Waals surface area contributed by atoms with E-state index in [1.54, 1.807) is 6.07 Å². The molecular weight excluding hydrogens is 538 g/mol. The van der Waals surface area contributed by atoms with Gasteiger partial charge in [-0.25, -0.2) is 5.43 Å². The number of halogens is 1. The summed E-state index contributed by atoms with van der Waals surface area (Å²) in [6.45, 7) is 0. The van der Waals surface area contributed by atoms with Crippen LogP contribution in [0.4, 0.5) is 0 Å². The van der Waals surface area contributed by atoms with Gasteiger partial charge in [0.15, 0.2) is 0 Å². The van der Waals surface area contributed by atoms with Crippen LogP contribution in [0.1, 0.15) is 5.56 Å². The first-order valence-electron chi connectivity index (χ1n) is 11.1. The molecule has 0 aliphatic carbocycles. The third kappa shape index (κ3) is 5.17. The van der Waals surface area contributed by atoms with E-state index >= 15 is 0 Å². The zero-order chi connectivity index (χ0) is 24.9. The highest BCUT2D eigenvalue weighted by atomic mass is 79.9. The number of phenolic OH excluding ortho intramolecular Hbond substituents is 1. The second kappa shape index (κ2) is 10.8. The Morgan fingerprint density at radius 1 is 1.06 bits per heavy atom. The van der Waals surface area contributed by atoms with Crippen molar-refractivity contribution in [2.24, 2.45) is 5.10 Å². The van der Waals surface area contributed by atoms with Crippen molar-refractivity contribution >= 4 is 50.6 Å². The van der Waals surface area contributed by atoms with Gasteiger partial charge in [-0.1, -0.05) is 70.5 Å². The van der Waals surface area contributed by atoms with Crippen LogP contribution in [0.25, 0.3) is 27.8 Å². The molecule has 36 heavy (non-hydrogen) atoms. The number of carbonyl (C=O) groups is 1. The lowest BCUT2D eigenvalue weighted by Crippen LogP contribution is -2.34. The fraction of sp³-hybridized carbons (Fsp3) is 0.0370. The van der Waals surface area contributed by atoms with Crippen molar-refractivity contribution in [3.63, 3.8) is 0 Å². The van der Waals surface area contributed by atoms with E-state index in [1.165, 1.54) is 18.0 Å². The molecule has 0 atom stereocenters. The first kappa shape index (κ1) is 23.8. The number of para-hydroxylation sites is 1. The van der Waals surface area contributed by atoms with Crippen LogP contribution in [0.3, 0.4) is 0 Å². The number of aromatic hydroxyl groups is 1. The van der Waals surface area contributed by atoms with Gasteiger partial charge in [0, 0.05) is 10.0 Å². The minimum atomic E-state index is -0.289. The lowest BCUT2D eigenvalue weighted by atomic mass is 10.0. The molecule has 1 aromatic heterocycles. The van der Waals surface area contributed by atoms with Crippen LogP contribution >= 0.6 is 27.7 Å². The molecule has 9 heteroatoms. The van der Waals surface area contributed by atoms with Crippen LogP contribution in [0.15, 0.2) is 106 Å². The summed E-state index contributed by atoms with van der Waals surface area (Å²) in [5.41, 5.74) is 4.97. The summed E-state index contributed by atoms with van der Waals surface area (Å²) in [6, 6.07) is 28.9. The van der Waals surface area contributed by atoms with Gasteiger partial charge in [-0.15, -0.1) is 5.10 Å². The van der Waals surface area contributed by atoms with E-state index in [1.807, 2.05) is 89.5 Å². The maximum atomic E-state index is 12.6. The SMILES string of the molecule is O=C(CSc1n[nH]c(-c2cccc(Br)c2)[n+]1-c1ccccc1)N/N=C/c1c(O)ccc2ccccc12. The molecule has 0 fully saturated rings. The third-order valence-electron chi connectivity index (χ3n) is 5.45. The number of hydrogen-bond acceptors (Lipinski definition) is 5. The van der Waals surface area contributed by atoms with Crippen LogP contribution in [0.5, 0.6) is 5.75 Å². The minimum Gasteiger partial charge on any atom is -0.507 e. The van der Waals surface area contributed by atoms with Gasteiger partial charge in [0.1, 0.15) is 11.4 Å². The molecule has 7 nitrogen and oxygen atoms in total. The van der Waals surface area contributed by atoms with Crippen LogP contribution in [0.2, 0.25) is 0 Å². The van der Waals surface area contributed by atoms with Crippen molar-refractivity contribution in [2.45, 2.75) is 5.16 Å². The van der Waals surface area contributed by atoms with Crippen LogP contribution < -0.4 is 9.99 Å². The molecule has 0 radical (unpaired) electrons. The number of phenols is 1. The van der Waals surface area contributed by atoms with E-state index in [4.69, 9.17) is 0 Å². The first-order chi connectivity index (χ1) is 17.6. The Balaban J connectivity index is 1.33. The average Bonchev–Trinajstić information content (AvgIpc) is 3.33. The summed E-state index contributed by atoms with van der Waals surface area (Å²) in [5.74, 6) is 0.716. The number of hydrogen-bond donors (Lipinski definition) is 3. The fourth-order valence-electron chi connectivity index (χ4n) is 3.79. The summed E-state index contributed by atoms with van der Waals surface area (Å²) in [4.78, 5) is 12.6. The predicted molar refractivity (Wildman–Crippen MR) is 145 cm³/mol. The summed E-state index contributed by atoms with van der Waals surface area (Å²) >= 11 is 4.82. The van der Waals surface area contributed by atoms with E-state index < -0.39 is 0 Å². The van der Waals surface area contributed by atoms with Crippen LogP contribution in [-0.4, -0.2) is 33.2 Å². The minimum absolute atomic E-state index is 0.0987. The molecule has 1 amide bonds. The number of benzene rings is 4. The Hall–Kier alpha value is -3.95. The Morgan fingerprint density at radius 3 is 2.69 bits per heavy atom. The topological polar surface area (TPSA) is 94.3 Å². The van der Waals surface area contributed by atoms with Gasteiger partial charge in [0.2, 0.25) is 0 Å². The number of hydrazone groups is 1. The molecule has 4 aromatic carbocycles. The standard InChI is InChI=1S/C27H20BrN5O2S/c28-20-9-6-8-19(15-20)26-31-32-27(33(26)21-10-2-1-3-11-21)36-17-25(35)30-29-16-23-22-12-5-4-7-18(22)13-14-24(23)34/h1-16H,17H2,(H2,29,30,34,35)/p+1. The van der Waals surface area contributed by atoms with Gasteiger partial charge < -0.3 is 5.11 Å². The Kier molecular flexibility index (Phi) is 7.11. The highest BCUT2D eigenvalue weighted by Gasteiger charge is 2.24. The second-order valence-corrected chi connectivity index (χ2v) is 9.70. The number of thioether (sulfide) groups is 1. The van der Waals surface area contributed by atoms with Crippen molar-refractivity contribution < 1.29 is 14.5 Å². The van der Waals surface area contributed by atoms with E-state index in [0.29, 0.717) is 10.7 Å². The van der Waals surface area contributed by atoms with Gasteiger partial charge in [0.05, 0.1) is 22.6 Å². The highest BCUT2D eigenvalue weighted by molar-refractivity contribution is 9.10. The Bertz CT molecular complexity index is 1570. The maximum absolute atomic E-state index is 12.6. The number of nitrogens with one attached hydrogen (secondary N) is 2. The molecule has 178 valence electrons. The fourth-order valence-corrected chi connectivity index (χ4v) is 4.95. The van der Waals surface area contributed by atoms with E-state index in [0.717, 1.165) is 32.3 Å². The van der Waals surface area contributed by atoms with Crippen molar-refractivity contribution in [3.8, 4) is 22.8 Å². The van der Waals surface area contributed by atoms with Crippen molar-refractivity contribution in [1.82, 2.24) is 15.6 Å². The largest absolute Gasteiger partial charge is 0.507 e. The summed E-state index contributed by atoms with van der Waals surface area (Å²) in [7, 11) is 0. The van der Waals surface area contributed by atoms with Crippen molar-refractivity contribution in [3.05, 3.63) is 101 Å². The Labute approximate surface area is 220 Å². The molecule has 0 spiro atoms. The number of carbonyl (C=O) groups excluding carboxylic acids is 1. The molecule has 0 unspecified atom stereocenters.